The lowest BCUT2D eigenvalue weighted by Gasteiger charge is -2.32. The van der Waals surface area contributed by atoms with Crippen LogP contribution in [0.3, 0.4) is 0 Å². The Morgan fingerprint density at radius 2 is 1.71 bits per heavy atom. The van der Waals surface area contributed by atoms with Crippen molar-refractivity contribution in [2.75, 3.05) is 34.3 Å². The van der Waals surface area contributed by atoms with Crippen molar-refractivity contribution >= 4 is 11.8 Å². The summed E-state index contributed by atoms with van der Waals surface area (Å²) < 4.78 is 5.09. The van der Waals surface area contributed by atoms with Gasteiger partial charge in [0.05, 0.1) is 7.11 Å². The fourth-order valence-electron chi connectivity index (χ4n) is 2.61. The molecule has 0 unspecified atom stereocenters. The monoisotopic (exact) mass is 290 g/mol. The van der Waals surface area contributed by atoms with Gasteiger partial charge < -0.3 is 14.5 Å². The highest BCUT2D eigenvalue weighted by Gasteiger charge is 2.28. The highest BCUT2D eigenvalue weighted by molar-refractivity contribution is 5.94. The number of rotatable bonds is 3. The molecule has 21 heavy (non-hydrogen) atoms. The van der Waals surface area contributed by atoms with Gasteiger partial charge in [0.1, 0.15) is 5.75 Å². The van der Waals surface area contributed by atoms with Crippen molar-refractivity contribution in [3.63, 3.8) is 0 Å². The van der Waals surface area contributed by atoms with Crippen LogP contribution in [0.15, 0.2) is 24.3 Å². The van der Waals surface area contributed by atoms with Crippen LogP contribution in [0.4, 0.5) is 0 Å². The number of likely N-dealkylation sites (tertiary alicyclic amines) is 1. The Hall–Kier alpha value is -2.04. The van der Waals surface area contributed by atoms with E-state index in [1.54, 1.807) is 50.4 Å². The van der Waals surface area contributed by atoms with Crippen LogP contribution in [0, 0.1) is 5.92 Å². The Balaban J connectivity index is 1.95. The molecule has 1 fully saturated rings. The molecule has 1 aliphatic rings. The minimum atomic E-state index is 0.0217. The second kappa shape index (κ2) is 6.61. The lowest BCUT2D eigenvalue weighted by atomic mass is 9.95. The minimum Gasteiger partial charge on any atom is -0.497 e. The maximum Gasteiger partial charge on any atom is 0.253 e. The molecule has 114 valence electrons. The Morgan fingerprint density at radius 3 is 2.19 bits per heavy atom. The van der Waals surface area contributed by atoms with Crippen molar-refractivity contribution < 1.29 is 14.3 Å². The number of ether oxygens (including phenoxy) is 1. The Morgan fingerprint density at radius 1 is 1.14 bits per heavy atom. The first kappa shape index (κ1) is 15.4. The molecule has 0 N–H and O–H groups in total. The second-order valence-electron chi connectivity index (χ2n) is 5.53. The maximum absolute atomic E-state index is 12.4. The largest absolute Gasteiger partial charge is 0.497 e. The summed E-state index contributed by atoms with van der Waals surface area (Å²) in [5.74, 6) is 0.960. The molecule has 0 bridgehead atoms. The molecule has 2 rings (SSSR count). The smallest absolute Gasteiger partial charge is 0.253 e. The van der Waals surface area contributed by atoms with Crippen LogP contribution >= 0.6 is 0 Å². The molecular formula is C16H22N2O3. The fourth-order valence-corrected chi connectivity index (χ4v) is 2.61. The fraction of sp³-hybridized carbons (Fsp3) is 0.500. The number of nitrogens with zero attached hydrogens (tertiary/aromatic N) is 2. The van der Waals surface area contributed by atoms with Gasteiger partial charge in [0, 0.05) is 38.7 Å². The quantitative estimate of drug-likeness (QED) is 0.850. The zero-order valence-corrected chi connectivity index (χ0v) is 12.8. The van der Waals surface area contributed by atoms with E-state index >= 15 is 0 Å². The molecule has 0 aromatic heterocycles. The number of piperidine rings is 1. The van der Waals surface area contributed by atoms with E-state index in [0.29, 0.717) is 18.7 Å². The van der Waals surface area contributed by atoms with Crippen LogP contribution in [0.2, 0.25) is 0 Å². The van der Waals surface area contributed by atoms with Crippen LogP contribution in [0.1, 0.15) is 23.2 Å². The number of hydrogen-bond donors (Lipinski definition) is 0. The van der Waals surface area contributed by atoms with Crippen molar-refractivity contribution in [2.24, 2.45) is 5.92 Å². The second-order valence-corrected chi connectivity index (χ2v) is 5.53. The molecule has 0 saturated carbocycles. The molecule has 5 heteroatoms. The van der Waals surface area contributed by atoms with Crippen LogP contribution in [-0.4, -0.2) is 55.9 Å². The molecule has 5 nitrogen and oxygen atoms in total. The Labute approximate surface area is 125 Å². The van der Waals surface area contributed by atoms with E-state index in [1.807, 2.05) is 4.90 Å². The van der Waals surface area contributed by atoms with Crippen molar-refractivity contribution in [1.82, 2.24) is 9.80 Å². The normalized spacial score (nSPS) is 15.7. The van der Waals surface area contributed by atoms with Gasteiger partial charge in [-0.15, -0.1) is 0 Å². The highest BCUT2D eigenvalue weighted by atomic mass is 16.5. The Kier molecular flexibility index (Phi) is 4.83. The van der Waals surface area contributed by atoms with Crippen LogP contribution in [-0.2, 0) is 4.79 Å². The van der Waals surface area contributed by atoms with E-state index in [9.17, 15) is 9.59 Å². The molecule has 0 aliphatic carbocycles. The van der Waals surface area contributed by atoms with Gasteiger partial charge >= 0.3 is 0 Å². The topological polar surface area (TPSA) is 49.9 Å². The molecule has 1 aliphatic heterocycles. The maximum atomic E-state index is 12.4. The number of carbonyl (C=O) groups is 2. The molecule has 2 amide bonds. The third-order valence-corrected chi connectivity index (χ3v) is 3.91. The van der Waals surface area contributed by atoms with Crippen molar-refractivity contribution in [3.05, 3.63) is 29.8 Å². The molecule has 1 aromatic rings. The zero-order chi connectivity index (χ0) is 15.4. The van der Waals surface area contributed by atoms with E-state index in [0.717, 1.165) is 18.6 Å². The summed E-state index contributed by atoms with van der Waals surface area (Å²) in [5, 5.41) is 0. The molecule has 1 heterocycles. The zero-order valence-electron chi connectivity index (χ0n) is 12.8. The van der Waals surface area contributed by atoms with Crippen LogP contribution < -0.4 is 4.74 Å². The summed E-state index contributed by atoms with van der Waals surface area (Å²) in [6.07, 6.45) is 1.47. The number of hydrogen-bond acceptors (Lipinski definition) is 3. The predicted octanol–water partition coefficient (Wildman–Crippen LogP) is 1.64. The highest BCUT2D eigenvalue weighted by Crippen LogP contribution is 2.21. The minimum absolute atomic E-state index is 0.0217. The number of carbonyl (C=O) groups excluding carboxylic acids is 2. The third-order valence-electron chi connectivity index (χ3n) is 3.91. The van der Waals surface area contributed by atoms with E-state index in [4.69, 9.17) is 4.74 Å². The van der Waals surface area contributed by atoms with E-state index in [-0.39, 0.29) is 17.7 Å². The summed E-state index contributed by atoms with van der Waals surface area (Å²) in [6.45, 7) is 1.27. The van der Waals surface area contributed by atoms with Crippen LogP contribution in [0.25, 0.3) is 0 Å². The van der Waals surface area contributed by atoms with Crippen molar-refractivity contribution in [1.29, 1.82) is 0 Å². The lowest BCUT2D eigenvalue weighted by Crippen LogP contribution is -2.42. The van der Waals surface area contributed by atoms with Crippen molar-refractivity contribution in [2.45, 2.75) is 12.8 Å². The van der Waals surface area contributed by atoms with E-state index in [1.165, 1.54) is 0 Å². The summed E-state index contributed by atoms with van der Waals surface area (Å²) >= 11 is 0. The standard InChI is InChI=1S/C16H22N2O3/c1-17(2)15(19)13-8-10-18(11-9-13)16(20)12-4-6-14(21-3)7-5-12/h4-7,13H,8-11H2,1-3H3. The van der Waals surface area contributed by atoms with Gasteiger partial charge in [-0.25, -0.2) is 0 Å². The third kappa shape index (κ3) is 3.54. The Bertz CT molecular complexity index is 503. The lowest BCUT2D eigenvalue weighted by molar-refractivity contribution is -0.134. The summed E-state index contributed by atoms with van der Waals surface area (Å²) in [7, 11) is 5.15. The van der Waals surface area contributed by atoms with Gasteiger partial charge in [-0.2, -0.15) is 0 Å². The van der Waals surface area contributed by atoms with Gasteiger partial charge in [0.2, 0.25) is 5.91 Å². The number of methoxy groups -OCH3 is 1. The average Bonchev–Trinajstić information content (AvgIpc) is 2.53. The van der Waals surface area contributed by atoms with Crippen molar-refractivity contribution in [3.8, 4) is 5.75 Å². The van der Waals surface area contributed by atoms with Gasteiger partial charge in [-0.3, -0.25) is 9.59 Å². The van der Waals surface area contributed by atoms with Gasteiger partial charge in [-0.05, 0) is 37.1 Å². The van der Waals surface area contributed by atoms with Gasteiger partial charge in [0.25, 0.3) is 5.91 Å². The summed E-state index contributed by atoms with van der Waals surface area (Å²) in [6, 6.07) is 7.13. The first-order valence-corrected chi connectivity index (χ1v) is 7.17. The first-order valence-electron chi connectivity index (χ1n) is 7.17. The molecule has 1 aromatic carbocycles. The van der Waals surface area contributed by atoms with Crippen LogP contribution in [0.5, 0.6) is 5.75 Å². The molecular weight excluding hydrogens is 268 g/mol. The molecule has 0 atom stereocenters. The van der Waals surface area contributed by atoms with E-state index in [2.05, 4.69) is 0 Å². The summed E-state index contributed by atoms with van der Waals surface area (Å²) in [5.41, 5.74) is 0.660. The predicted molar refractivity (Wildman–Crippen MR) is 80.3 cm³/mol. The SMILES string of the molecule is COc1ccc(C(=O)N2CCC(C(=O)N(C)C)CC2)cc1. The van der Waals surface area contributed by atoms with E-state index < -0.39 is 0 Å². The number of amides is 2. The van der Waals surface area contributed by atoms with Gasteiger partial charge in [0.15, 0.2) is 0 Å². The first-order chi connectivity index (χ1) is 10.0. The molecule has 0 spiro atoms. The molecule has 1 saturated heterocycles. The molecule has 0 radical (unpaired) electrons. The average molecular weight is 290 g/mol. The summed E-state index contributed by atoms with van der Waals surface area (Å²) in [4.78, 5) is 27.8. The van der Waals surface area contributed by atoms with Gasteiger partial charge in [-0.1, -0.05) is 0 Å². The number of benzene rings is 1.